The molecule has 4 heteroatoms. The first kappa shape index (κ1) is 9.99. The number of rotatable bonds is 1. The molecule has 0 spiro atoms. The zero-order chi connectivity index (χ0) is 10.1. The van der Waals surface area contributed by atoms with Crippen LogP contribution < -0.4 is 4.74 Å². The quantitative estimate of drug-likeness (QED) is 0.569. The molecule has 0 bridgehead atoms. The van der Waals surface area contributed by atoms with Crippen molar-refractivity contribution in [2.45, 2.75) is 11.9 Å². The van der Waals surface area contributed by atoms with E-state index in [1.807, 2.05) is 18.3 Å². The van der Waals surface area contributed by atoms with Gasteiger partial charge in [-0.05, 0) is 39.2 Å². The zero-order valence-electron chi connectivity index (χ0n) is 7.63. The Morgan fingerprint density at radius 3 is 3.07 bits per heavy atom. The highest BCUT2D eigenvalue weighted by molar-refractivity contribution is 9.10. The summed E-state index contributed by atoms with van der Waals surface area (Å²) in [6.07, 6.45) is 2.66. The molecular weight excluding hydrogens is 265 g/mol. The molecule has 1 aromatic carbocycles. The van der Waals surface area contributed by atoms with Gasteiger partial charge in [0.2, 0.25) is 0 Å². The van der Waals surface area contributed by atoms with Crippen LogP contribution in [-0.2, 0) is 6.42 Å². The molecule has 0 saturated heterocycles. The molecule has 0 radical (unpaired) electrons. The summed E-state index contributed by atoms with van der Waals surface area (Å²) in [7, 11) is 1.65. The van der Waals surface area contributed by atoms with Crippen molar-refractivity contribution >= 4 is 33.7 Å². The molecule has 0 N–H and O–H groups in total. The number of alkyl halides is 1. The van der Waals surface area contributed by atoms with E-state index in [2.05, 4.69) is 20.9 Å². The van der Waals surface area contributed by atoms with Crippen LogP contribution in [0.15, 0.2) is 21.6 Å². The number of hydrogen-bond donors (Lipinski definition) is 0. The third-order valence-corrected chi connectivity index (χ3v) is 3.19. The van der Waals surface area contributed by atoms with Crippen LogP contribution in [0.4, 0.5) is 0 Å². The van der Waals surface area contributed by atoms with E-state index >= 15 is 0 Å². The Hall–Kier alpha value is -0.540. The molecule has 2 nitrogen and oxygen atoms in total. The maximum atomic E-state index is 6.06. The van der Waals surface area contributed by atoms with Crippen molar-refractivity contribution < 1.29 is 4.74 Å². The zero-order valence-corrected chi connectivity index (χ0v) is 9.97. The Bertz CT molecular complexity index is 392. The van der Waals surface area contributed by atoms with E-state index in [1.165, 1.54) is 5.56 Å². The average molecular weight is 275 g/mol. The summed E-state index contributed by atoms with van der Waals surface area (Å²) in [6, 6.07) is 3.97. The van der Waals surface area contributed by atoms with Crippen LogP contribution in [0.3, 0.4) is 0 Å². The molecule has 1 aliphatic heterocycles. The fourth-order valence-electron chi connectivity index (χ4n) is 1.49. The number of fused-ring (bicyclic) bond motifs is 1. The lowest BCUT2D eigenvalue weighted by Gasteiger charge is -2.17. The van der Waals surface area contributed by atoms with Crippen LogP contribution in [0.2, 0.25) is 0 Å². The maximum Gasteiger partial charge on any atom is 0.148 e. The van der Waals surface area contributed by atoms with Gasteiger partial charge in [-0.15, -0.1) is 0 Å². The van der Waals surface area contributed by atoms with E-state index in [9.17, 15) is 0 Å². The summed E-state index contributed by atoms with van der Waals surface area (Å²) >= 11 is 9.48. The number of methoxy groups -OCH3 is 1. The highest BCUT2D eigenvalue weighted by atomic mass is 79.9. The van der Waals surface area contributed by atoms with Crippen molar-refractivity contribution in [1.29, 1.82) is 0 Å². The lowest BCUT2D eigenvalue weighted by molar-refractivity contribution is 0.411. The monoisotopic (exact) mass is 273 g/mol. The van der Waals surface area contributed by atoms with Crippen molar-refractivity contribution in [2.24, 2.45) is 4.99 Å². The number of hydrogen-bond acceptors (Lipinski definition) is 2. The smallest absolute Gasteiger partial charge is 0.148 e. The van der Waals surface area contributed by atoms with Crippen LogP contribution in [0.5, 0.6) is 5.75 Å². The molecule has 1 atom stereocenters. The molecule has 0 saturated carbocycles. The van der Waals surface area contributed by atoms with Gasteiger partial charge >= 0.3 is 0 Å². The third-order valence-electron chi connectivity index (χ3n) is 2.22. The second kappa shape index (κ2) is 3.91. The molecule has 0 aromatic heterocycles. The molecular formula is C10H9BrClNO. The fourth-order valence-corrected chi connectivity index (χ4v) is 2.30. The number of ether oxygens (including phenoxy) is 1. The summed E-state index contributed by atoms with van der Waals surface area (Å²) in [5.41, 5.74) is 1.97. The molecule has 1 aliphatic rings. The van der Waals surface area contributed by atoms with Crippen LogP contribution in [0.1, 0.15) is 16.6 Å². The fraction of sp³-hybridized carbons (Fsp3) is 0.300. The van der Waals surface area contributed by atoms with Crippen LogP contribution in [-0.4, -0.2) is 13.3 Å². The SMILES string of the molecule is COc1cc2c(cc1Br)C(Cl)N=CC2. The topological polar surface area (TPSA) is 21.6 Å². The molecule has 1 aromatic rings. The molecule has 2 rings (SSSR count). The van der Waals surface area contributed by atoms with E-state index in [4.69, 9.17) is 16.3 Å². The predicted octanol–water partition coefficient (Wildman–Crippen LogP) is 3.32. The highest BCUT2D eigenvalue weighted by Gasteiger charge is 2.17. The first-order valence-corrected chi connectivity index (χ1v) is 5.47. The van der Waals surface area contributed by atoms with Gasteiger partial charge in [-0.2, -0.15) is 0 Å². The van der Waals surface area contributed by atoms with E-state index in [0.717, 1.165) is 22.2 Å². The molecule has 74 valence electrons. The summed E-state index contributed by atoms with van der Waals surface area (Å²) in [5.74, 6) is 0.836. The van der Waals surface area contributed by atoms with Crippen molar-refractivity contribution in [3.63, 3.8) is 0 Å². The van der Waals surface area contributed by atoms with Gasteiger partial charge in [0.05, 0.1) is 11.6 Å². The van der Waals surface area contributed by atoms with Crippen molar-refractivity contribution in [3.05, 3.63) is 27.7 Å². The third kappa shape index (κ3) is 1.66. The Kier molecular flexibility index (Phi) is 2.79. The summed E-state index contributed by atoms with van der Waals surface area (Å²) in [4.78, 5) is 4.15. The Labute approximate surface area is 96.1 Å². The van der Waals surface area contributed by atoms with E-state index < -0.39 is 0 Å². The van der Waals surface area contributed by atoms with Crippen molar-refractivity contribution in [3.8, 4) is 5.75 Å². The first-order chi connectivity index (χ1) is 6.72. The molecule has 1 unspecified atom stereocenters. The van der Waals surface area contributed by atoms with Gasteiger partial charge in [-0.1, -0.05) is 11.6 Å². The minimum atomic E-state index is -0.263. The second-order valence-corrected chi connectivity index (χ2v) is 4.32. The van der Waals surface area contributed by atoms with E-state index in [1.54, 1.807) is 7.11 Å². The van der Waals surface area contributed by atoms with Gasteiger partial charge in [-0.25, -0.2) is 0 Å². The minimum absolute atomic E-state index is 0.263. The molecule has 0 aliphatic carbocycles. The number of nitrogens with zero attached hydrogens (tertiary/aromatic N) is 1. The lowest BCUT2D eigenvalue weighted by atomic mass is 10.0. The molecule has 0 fully saturated rings. The largest absolute Gasteiger partial charge is 0.496 e. The lowest BCUT2D eigenvalue weighted by Crippen LogP contribution is -2.04. The number of aliphatic imine (C=N–C) groups is 1. The van der Waals surface area contributed by atoms with Crippen molar-refractivity contribution in [1.82, 2.24) is 0 Å². The van der Waals surface area contributed by atoms with Gasteiger partial charge in [0.25, 0.3) is 0 Å². The number of halogens is 2. The molecule has 14 heavy (non-hydrogen) atoms. The van der Waals surface area contributed by atoms with Gasteiger partial charge < -0.3 is 4.74 Å². The summed E-state index contributed by atoms with van der Waals surface area (Å²) in [6.45, 7) is 0. The van der Waals surface area contributed by atoms with Crippen LogP contribution >= 0.6 is 27.5 Å². The van der Waals surface area contributed by atoms with Gasteiger partial charge in [0.15, 0.2) is 0 Å². The summed E-state index contributed by atoms with van der Waals surface area (Å²) in [5, 5.41) is 0. The van der Waals surface area contributed by atoms with E-state index in [-0.39, 0.29) is 5.50 Å². The van der Waals surface area contributed by atoms with E-state index in [0.29, 0.717) is 0 Å². The highest BCUT2D eigenvalue weighted by Crippen LogP contribution is 2.35. The van der Waals surface area contributed by atoms with Crippen molar-refractivity contribution in [2.75, 3.05) is 7.11 Å². The Morgan fingerprint density at radius 2 is 2.36 bits per heavy atom. The normalized spacial score (nSPS) is 19.2. The van der Waals surface area contributed by atoms with Gasteiger partial charge in [0, 0.05) is 12.6 Å². The minimum Gasteiger partial charge on any atom is -0.496 e. The number of benzene rings is 1. The second-order valence-electron chi connectivity index (χ2n) is 3.06. The Balaban J connectivity index is 2.52. The first-order valence-electron chi connectivity index (χ1n) is 4.24. The standard InChI is InChI=1S/C10H9BrClNO/c1-14-9-4-6-2-3-13-10(12)7(6)5-8(9)11/h3-5,10H,2H2,1H3. The van der Waals surface area contributed by atoms with Crippen LogP contribution in [0.25, 0.3) is 0 Å². The maximum absolute atomic E-state index is 6.06. The average Bonchev–Trinajstić information content (AvgIpc) is 2.19. The Morgan fingerprint density at radius 1 is 1.57 bits per heavy atom. The van der Waals surface area contributed by atoms with Gasteiger partial charge in [-0.3, -0.25) is 4.99 Å². The van der Waals surface area contributed by atoms with Crippen LogP contribution in [0, 0.1) is 0 Å². The molecule has 1 heterocycles. The van der Waals surface area contributed by atoms with Gasteiger partial charge in [0.1, 0.15) is 11.3 Å². The predicted molar refractivity (Wildman–Crippen MR) is 61.5 cm³/mol. The summed E-state index contributed by atoms with van der Waals surface area (Å²) < 4.78 is 6.13. The molecule has 0 amide bonds.